The van der Waals surface area contributed by atoms with E-state index in [0.717, 1.165) is 23.0 Å². The molecule has 2 aromatic heterocycles. The monoisotopic (exact) mass is 283 g/mol. The third kappa shape index (κ3) is 2.95. The Labute approximate surface area is 115 Å². The highest BCUT2D eigenvalue weighted by atomic mass is 19.4. The fourth-order valence-corrected chi connectivity index (χ4v) is 1.98. The Morgan fingerprint density at radius 1 is 1.25 bits per heavy atom. The molecular weight excluding hydrogens is 267 g/mol. The zero-order chi connectivity index (χ0) is 14.9. The van der Waals surface area contributed by atoms with Gasteiger partial charge in [-0.25, -0.2) is 4.98 Å². The van der Waals surface area contributed by atoms with Crippen LogP contribution < -0.4 is 5.32 Å². The minimum absolute atomic E-state index is 0.556. The summed E-state index contributed by atoms with van der Waals surface area (Å²) in [5.74, 6) is 0. The number of nitrogens with one attached hydrogen (secondary N) is 1. The largest absolute Gasteiger partial charge is 0.433 e. The topological polar surface area (TPSA) is 29.9 Å². The van der Waals surface area contributed by atoms with E-state index in [9.17, 15) is 13.2 Å². The summed E-state index contributed by atoms with van der Waals surface area (Å²) < 4.78 is 39.2. The molecule has 0 aliphatic rings. The van der Waals surface area contributed by atoms with E-state index in [0.29, 0.717) is 12.2 Å². The van der Waals surface area contributed by atoms with E-state index in [1.165, 1.54) is 12.3 Å². The molecule has 0 radical (unpaired) electrons. The molecule has 0 bridgehead atoms. The fraction of sp³-hybridized carbons (Fsp3) is 0.357. The number of nitrogens with zero attached hydrogens (tertiary/aromatic N) is 2. The average Bonchev–Trinajstić information content (AvgIpc) is 2.63. The molecular formula is C14H16F3N3. The van der Waals surface area contributed by atoms with Crippen molar-refractivity contribution in [3.05, 3.63) is 47.0 Å². The van der Waals surface area contributed by atoms with Gasteiger partial charge in [0.15, 0.2) is 0 Å². The number of hydrogen-bond donors (Lipinski definition) is 1. The number of hydrogen-bond acceptors (Lipinski definition) is 2. The van der Waals surface area contributed by atoms with Gasteiger partial charge in [0.2, 0.25) is 0 Å². The third-order valence-electron chi connectivity index (χ3n) is 3.42. The number of anilines is 1. The minimum Gasteiger partial charge on any atom is -0.380 e. The second-order valence-corrected chi connectivity index (χ2v) is 4.74. The second kappa shape index (κ2) is 5.19. The zero-order valence-corrected chi connectivity index (χ0v) is 11.5. The van der Waals surface area contributed by atoms with Crippen molar-refractivity contribution < 1.29 is 13.2 Å². The molecule has 0 aliphatic carbocycles. The first-order valence-electron chi connectivity index (χ1n) is 6.18. The number of aromatic nitrogens is 2. The normalized spacial score (nSPS) is 11.7. The summed E-state index contributed by atoms with van der Waals surface area (Å²) in [5, 5.41) is 3.08. The van der Waals surface area contributed by atoms with Crippen LogP contribution in [0.3, 0.4) is 0 Å². The van der Waals surface area contributed by atoms with Gasteiger partial charge in [0.1, 0.15) is 5.69 Å². The van der Waals surface area contributed by atoms with Crippen molar-refractivity contribution in [2.45, 2.75) is 26.6 Å². The molecule has 6 heteroatoms. The highest BCUT2D eigenvalue weighted by molar-refractivity contribution is 5.43. The highest BCUT2D eigenvalue weighted by Crippen LogP contribution is 2.27. The van der Waals surface area contributed by atoms with Gasteiger partial charge in [-0.2, -0.15) is 13.2 Å². The van der Waals surface area contributed by atoms with Crippen molar-refractivity contribution in [2.24, 2.45) is 7.05 Å². The maximum Gasteiger partial charge on any atom is 0.433 e. The van der Waals surface area contributed by atoms with Gasteiger partial charge in [-0.05, 0) is 37.6 Å². The molecule has 0 spiro atoms. The van der Waals surface area contributed by atoms with Gasteiger partial charge in [-0.1, -0.05) is 0 Å². The smallest absolute Gasteiger partial charge is 0.380 e. The standard InChI is InChI=1S/C14H16F3N3/c1-9-6-11(10(2)20(9)3)7-18-12-4-5-13(19-8-12)14(15,16)17/h4-6,8,18H,7H2,1-3H3. The number of aryl methyl sites for hydroxylation is 1. The molecule has 3 nitrogen and oxygen atoms in total. The van der Waals surface area contributed by atoms with Crippen LogP contribution in [0, 0.1) is 13.8 Å². The zero-order valence-electron chi connectivity index (χ0n) is 11.5. The van der Waals surface area contributed by atoms with Crippen molar-refractivity contribution in [2.75, 3.05) is 5.32 Å². The first-order valence-corrected chi connectivity index (χ1v) is 6.18. The van der Waals surface area contributed by atoms with Gasteiger partial charge in [-0.15, -0.1) is 0 Å². The fourth-order valence-electron chi connectivity index (χ4n) is 1.98. The predicted octanol–water partition coefficient (Wildman–Crippen LogP) is 3.67. The Morgan fingerprint density at radius 3 is 2.40 bits per heavy atom. The van der Waals surface area contributed by atoms with E-state index < -0.39 is 11.9 Å². The van der Waals surface area contributed by atoms with Crippen LogP contribution in [0.25, 0.3) is 0 Å². The van der Waals surface area contributed by atoms with Crippen molar-refractivity contribution in [1.82, 2.24) is 9.55 Å². The van der Waals surface area contributed by atoms with Crippen molar-refractivity contribution in [3.8, 4) is 0 Å². The van der Waals surface area contributed by atoms with Gasteiger partial charge in [0, 0.05) is 25.0 Å². The molecule has 0 amide bonds. The van der Waals surface area contributed by atoms with Gasteiger partial charge < -0.3 is 9.88 Å². The molecule has 0 atom stereocenters. The van der Waals surface area contributed by atoms with Crippen molar-refractivity contribution in [3.63, 3.8) is 0 Å². The van der Waals surface area contributed by atoms with Gasteiger partial charge >= 0.3 is 6.18 Å². The van der Waals surface area contributed by atoms with Crippen molar-refractivity contribution >= 4 is 5.69 Å². The third-order valence-corrected chi connectivity index (χ3v) is 3.42. The molecule has 0 unspecified atom stereocenters. The van der Waals surface area contributed by atoms with Gasteiger partial charge in [0.25, 0.3) is 0 Å². The lowest BCUT2D eigenvalue weighted by Gasteiger charge is -2.09. The number of rotatable bonds is 3. The number of pyridine rings is 1. The van der Waals surface area contributed by atoms with Crippen molar-refractivity contribution in [1.29, 1.82) is 0 Å². The van der Waals surface area contributed by atoms with Crippen LogP contribution in [0.1, 0.15) is 22.6 Å². The maximum atomic E-state index is 12.4. The summed E-state index contributed by atoms with van der Waals surface area (Å²) in [6.45, 7) is 4.58. The van der Waals surface area contributed by atoms with Crippen LogP contribution in [0.2, 0.25) is 0 Å². The lowest BCUT2D eigenvalue weighted by molar-refractivity contribution is -0.141. The molecule has 0 aliphatic heterocycles. The molecule has 1 N–H and O–H groups in total. The van der Waals surface area contributed by atoms with E-state index in [4.69, 9.17) is 0 Å². The average molecular weight is 283 g/mol. The van der Waals surface area contributed by atoms with E-state index in [1.807, 2.05) is 20.9 Å². The molecule has 0 fully saturated rings. The summed E-state index contributed by atoms with van der Waals surface area (Å²) in [6.07, 6.45) is -3.19. The Balaban J connectivity index is 2.06. The van der Waals surface area contributed by atoms with Crippen LogP contribution in [-0.2, 0) is 19.8 Å². The predicted molar refractivity (Wildman–Crippen MR) is 71.5 cm³/mol. The quantitative estimate of drug-likeness (QED) is 0.931. The van der Waals surface area contributed by atoms with E-state index in [1.54, 1.807) is 0 Å². The molecule has 0 aromatic carbocycles. The van der Waals surface area contributed by atoms with Crippen LogP contribution in [0.15, 0.2) is 24.4 Å². The Bertz CT molecular complexity index is 597. The first kappa shape index (κ1) is 14.4. The lowest BCUT2D eigenvalue weighted by Crippen LogP contribution is -2.08. The van der Waals surface area contributed by atoms with Gasteiger partial charge in [-0.3, -0.25) is 0 Å². The first-order chi connectivity index (χ1) is 9.29. The molecule has 2 aromatic rings. The molecule has 20 heavy (non-hydrogen) atoms. The van der Waals surface area contributed by atoms with E-state index in [2.05, 4.69) is 20.9 Å². The molecule has 2 rings (SSSR count). The summed E-state index contributed by atoms with van der Waals surface area (Å²) >= 11 is 0. The minimum atomic E-state index is -4.40. The SMILES string of the molecule is Cc1cc(CNc2ccc(C(F)(F)F)nc2)c(C)n1C. The Hall–Kier alpha value is -1.98. The maximum absolute atomic E-state index is 12.4. The number of halogens is 3. The summed E-state index contributed by atoms with van der Waals surface area (Å²) in [4.78, 5) is 3.41. The van der Waals surface area contributed by atoms with Crippen LogP contribution >= 0.6 is 0 Å². The molecule has 0 saturated heterocycles. The number of alkyl halides is 3. The lowest BCUT2D eigenvalue weighted by atomic mass is 10.2. The molecule has 2 heterocycles. The Morgan fingerprint density at radius 2 is 1.95 bits per heavy atom. The molecule has 0 saturated carbocycles. The second-order valence-electron chi connectivity index (χ2n) is 4.74. The highest BCUT2D eigenvalue weighted by Gasteiger charge is 2.31. The summed E-state index contributed by atoms with van der Waals surface area (Å²) in [7, 11) is 1.98. The summed E-state index contributed by atoms with van der Waals surface area (Å²) in [5.41, 5.74) is 3.08. The molecule has 108 valence electrons. The Kier molecular flexibility index (Phi) is 3.74. The van der Waals surface area contributed by atoms with E-state index in [-0.39, 0.29) is 0 Å². The van der Waals surface area contributed by atoms with E-state index >= 15 is 0 Å². The van der Waals surface area contributed by atoms with Crippen LogP contribution in [-0.4, -0.2) is 9.55 Å². The van der Waals surface area contributed by atoms with Gasteiger partial charge in [0.05, 0.1) is 11.9 Å². The van der Waals surface area contributed by atoms with Crippen LogP contribution in [0.5, 0.6) is 0 Å². The summed E-state index contributed by atoms with van der Waals surface area (Å²) in [6, 6.07) is 4.42. The van der Waals surface area contributed by atoms with Crippen LogP contribution in [0.4, 0.5) is 18.9 Å².